The highest BCUT2D eigenvalue weighted by Crippen LogP contribution is 2.29. The van der Waals surface area contributed by atoms with Crippen molar-refractivity contribution in [1.82, 2.24) is 0 Å². The first kappa shape index (κ1) is 12.3. The van der Waals surface area contributed by atoms with Gasteiger partial charge in [0.2, 0.25) is 0 Å². The third kappa shape index (κ3) is 3.67. The minimum Gasteiger partial charge on any atom is -0.373 e. The number of ether oxygens (including phenoxy) is 1. The average molecular weight is 232 g/mol. The molecule has 0 radical (unpaired) electrons. The van der Waals surface area contributed by atoms with Crippen LogP contribution in [0, 0.1) is 5.92 Å². The molecule has 1 fully saturated rings. The van der Waals surface area contributed by atoms with Crippen molar-refractivity contribution >= 4 is 6.29 Å². The lowest BCUT2D eigenvalue weighted by molar-refractivity contribution is -0.111. The van der Waals surface area contributed by atoms with Crippen molar-refractivity contribution in [3.8, 4) is 0 Å². The Hall–Kier alpha value is -1.15. The number of hydrogen-bond donors (Lipinski definition) is 0. The van der Waals surface area contributed by atoms with Crippen molar-refractivity contribution in [2.24, 2.45) is 5.92 Å². The fourth-order valence-corrected chi connectivity index (χ4v) is 2.56. The Labute approximate surface area is 103 Å². The lowest BCUT2D eigenvalue weighted by Gasteiger charge is -2.30. The van der Waals surface area contributed by atoms with Gasteiger partial charge in [-0.1, -0.05) is 43.2 Å². The van der Waals surface area contributed by atoms with Crippen molar-refractivity contribution in [1.29, 1.82) is 0 Å². The summed E-state index contributed by atoms with van der Waals surface area (Å²) in [5.74, 6) is 0.435. The summed E-state index contributed by atoms with van der Waals surface area (Å²) in [7, 11) is 0. The number of rotatable bonds is 5. The molecular formula is C15H20O2. The Morgan fingerprint density at radius 2 is 1.94 bits per heavy atom. The molecule has 0 bridgehead atoms. The minimum atomic E-state index is 0.272. The summed E-state index contributed by atoms with van der Waals surface area (Å²) in [6.45, 7) is 0.668. The highest BCUT2D eigenvalue weighted by molar-refractivity contribution is 5.49. The Kier molecular flexibility index (Phi) is 4.75. The summed E-state index contributed by atoms with van der Waals surface area (Å²) in [5, 5.41) is 0. The van der Waals surface area contributed by atoms with Crippen LogP contribution in [0.4, 0.5) is 0 Å². The Morgan fingerprint density at radius 1 is 1.18 bits per heavy atom. The SMILES string of the molecule is O=CC[C@@H]1CCCC[C@H]1OCc1ccccc1. The Bertz CT molecular complexity index is 334. The van der Waals surface area contributed by atoms with Crippen molar-refractivity contribution in [2.45, 2.75) is 44.8 Å². The predicted molar refractivity (Wildman–Crippen MR) is 67.7 cm³/mol. The molecule has 2 nitrogen and oxygen atoms in total. The molecule has 0 heterocycles. The van der Waals surface area contributed by atoms with Crippen LogP contribution < -0.4 is 0 Å². The molecule has 17 heavy (non-hydrogen) atoms. The molecule has 0 aliphatic heterocycles. The molecule has 0 spiro atoms. The van der Waals surface area contributed by atoms with Crippen molar-refractivity contribution < 1.29 is 9.53 Å². The first-order chi connectivity index (χ1) is 8.40. The van der Waals surface area contributed by atoms with Crippen molar-refractivity contribution in [2.75, 3.05) is 0 Å². The molecule has 1 saturated carbocycles. The summed E-state index contributed by atoms with van der Waals surface area (Å²) < 4.78 is 5.98. The van der Waals surface area contributed by atoms with Gasteiger partial charge in [-0.2, -0.15) is 0 Å². The van der Waals surface area contributed by atoms with E-state index in [4.69, 9.17) is 4.74 Å². The van der Waals surface area contributed by atoms with E-state index in [2.05, 4.69) is 12.1 Å². The largest absolute Gasteiger partial charge is 0.373 e. The molecule has 0 amide bonds. The Morgan fingerprint density at radius 3 is 2.71 bits per heavy atom. The third-order valence-corrected chi connectivity index (χ3v) is 3.55. The summed E-state index contributed by atoms with van der Waals surface area (Å²) >= 11 is 0. The molecule has 2 heteroatoms. The Balaban J connectivity index is 1.86. The molecule has 0 unspecified atom stereocenters. The molecule has 1 aromatic carbocycles. The van der Waals surface area contributed by atoms with E-state index in [0.717, 1.165) is 19.1 Å². The highest BCUT2D eigenvalue weighted by Gasteiger charge is 2.25. The average Bonchev–Trinajstić information content (AvgIpc) is 2.39. The van der Waals surface area contributed by atoms with Crippen molar-refractivity contribution in [3.05, 3.63) is 35.9 Å². The molecule has 1 aromatic rings. The number of carbonyl (C=O) groups excluding carboxylic acids is 1. The molecule has 1 aliphatic carbocycles. The van der Waals surface area contributed by atoms with Gasteiger partial charge in [0.15, 0.2) is 0 Å². The zero-order valence-electron chi connectivity index (χ0n) is 10.2. The van der Waals surface area contributed by atoms with E-state index in [-0.39, 0.29) is 6.10 Å². The molecule has 0 saturated heterocycles. The van der Waals surface area contributed by atoms with E-state index in [1.165, 1.54) is 18.4 Å². The normalized spacial score (nSPS) is 24.5. The van der Waals surface area contributed by atoms with Crippen molar-refractivity contribution in [3.63, 3.8) is 0 Å². The van der Waals surface area contributed by atoms with E-state index in [1.54, 1.807) is 0 Å². The fourth-order valence-electron chi connectivity index (χ4n) is 2.56. The van der Waals surface area contributed by atoms with Gasteiger partial charge in [0, 0.05) is 6.42 Å². The van der Waals surface area contributed by atoms with E-state index >= 15 is 0 Å². The first-order valence-corrected chi connectivity index (χ1v) is 6.49. The molecule has 1 aliphatic rings. The molecule has 0 aromatic heterocycles. The highest BCUT2D eigenvalue weighted by atomic mass is 16.5. The standard InChI is InChI=1S/C15H20O2/c16-11-10-14-8-4-5-9-15(14)17-12-13-6-2-1-3-7-13/h1-3,6-7,11,14-15H,4-5,8-10,12H2/t14-,15+/m0/s1. The molecule has 92 valence electrons. The third-order valence-electron chi connectivity index (χ3n) is 3.55. The van der Waals surface area contributed by atoms with Gasteiger partial charge in [-0.3, -0.25) is 0 Å². The summed E-state index contributed by atoms with van der Waals surface area (Å²) in [4.78, 5) is 10.6. The van der Waals surface area contributed by atoms with Gasteiger partial charge < -0.3 is 9.53 Å². The smallest absolute Gasteiger partial charge is 0.120 e. The van der Waals surface area contributed by atoms with Crippen LogP contribution >= 0.6 is 0 Å². The zero-order valence-corrected chi connectivity index (χ0v) is 10.2. The van der Waals surface area contributed by atoms with Crippen LogP contribution in [0.2, 0.25) is 0 Å². The van der Waals surface area contributed by atoms with Gasteiger partial charge in [0.05, 0.1) is 12.7 Å². The van der Waals surface area contributed by atoms with Gasteiger partial charge in [-0.25, -0.2) is 0 Å². The van der Waals surface area contributed by atoms with E-state index < -0.39 is 0 Å². The molecule has 2 rings (SSSR count). The van der Waals surface area contributed by atoms with Gasteiger partial charge in [0.25, 0.3) is 0 Å². The van der Waals surface area contributed by atoms with Crippen LogP contribution in [0.25, 0.3) is 0 Å². The van der Waals surface area contributed by atoms with E-state index in [9.17, 15) is 4.79 Å². The van der Waals surface area contributed by atoms with E-state index in [1.807, 2.05) is 18.2 Å². The van der Waals surface area contributed by atoms with Crippen LogP contribution in [0.15, 0.2) is 30.3 Å². The molecule has 2 atom stereocenters. The monoisotopic (exact) mass is 232 g/mol. The maximum atomic E-state index is 10.6. The van der Waals surface area contributed by atoms with Gasteiger partial charge in [-0.05, 0) is 24.3 Å². The number of benzene rings is 1. The number of aldehydes is 1. The van der Waals surface area contributed by atoms with Crippen LogP contribution in [-0.2, 0) is 16.1 Å². The summed E-state index contributed by atoms with van der Waals surface area (Å²) in [5.41, 5.74) is 1.21. The predicted octanol–water partition coefficient (Wildman–Crippen LogP) is 3.35. The minimum absolute atomic E-state index is 0.272. The zero-order chi connectivity index (χ0) is 11.9. The van der Waals surface area contributed by atoms with Crippen LogP contribution in [0.3, 0.4) is 0 Å². The fraction of sp³-hybridized carbons (Fsp3) is 0.533. The maximum absolute atomic E-state index is 10.6. The van der Waals surface area contributed by atoms with Gasteiger partial charge in [0.1, 0.15) is 6.29 Å². The second-order valence-corrected chi connectivity index (χ2v) is 4.78. The lowest BCUT2D eigenvalue weighted by Crippen LogP contribution is -2.27. The summed E-state index contributed by atoms with van der Waals surface area (Å²) in [6.07, 6.45) is 6.67. The second kappa shape index (κ2) is 6.55. The first-order valence-electron chi connectivity index (χ1n) is 6.49. The topological polar surface area (TPSA) is 26.3 Å². The van der Waals surface area contributed by atoms with Gasteiger partial charge in [-0.15, -0.1) is 0 Å². The van der Waals surface area contributed by atoms with Crippen LogP contribution in [-0.4, -0.2) is 12.4 Å². The second-order valence-electron chi connectivity index (χ2n) is 4.78. The van der Waals surface area contributed by atoms with Crippen LogP contribution in [0.1, 0.15) is 37.7 Å². The number of hydrogen-bond acceptors (Lipinski definition) is 2. The maximum Gasteiger partial charge on any atom is 0.120 e. The van der Waals surface area contributed by atoms with Gasteiger partial charge >= 0.3 is 0 Å². The van der Waals surface area contributed by atoms with Crippen LogP contribution in [0.5, 0.6) is 0 Å². The molecule has 0 N–H and O–H groups in total. The number of carbonyl (C=O) groups is 1. The van der Waals surface area contributed by atoms with E-state index in [0.29, 0.717) is 18.9 Å². The summed E-state index contributed by atoms with van der Waals surface area (Å²) in [6, 6.07) is 10.2. The molecular weight excluding hydrogens is 212 g/mol. The quantitative estimate of drug-likeness (QED) is 0.728. The lowest BCUT2D eigenvalue weighted by atomic mass is 9.84.